The molecule has 110 valence electrons. The number of hydrogen-bond donors (Lipinski definition) is 1. The van der Waals surface area contributed by atoms with Crippen molar-refractivity contribution >= 4 is 11.6 Å². The Balaban J connectivity index is 1.65. The average Bonchev–Trinajstić information content (AvgIpc) is 2.65. The van der Waals surface area contributed by atoms with Crippen molar-refractivity contribution in [2.75, 3.05) is 7.05 Å². The third-order valence-electron chi connectivity index (χ3n) is 5.20. The van der Waals surface area contributed by atoms with E-state index >= 15 is 0 Å². The topological polar surface area (TPSA) is 29.3 Å². The monoisotopic (exact) mass is 296 g/mol. The number of piperidine rings is 1. The predicted octanol–water partition coefficient (Wildman–Crippen LogP) is 3.22. The third-order valence-corrected chi connectivity index (χ3v) is 5.50. The molecular formula is C16H22ClFN2. The molecule has 0 radical (unpaired) electrons. The number of fused-ring (bicyclic) bond motifs is 2. The highest BCUT2D eigenvalue weighted by Crippen LogP contribution is 2.38. The van der Waals surface area contributed by atoms with E-state index in [1.807, 2.05) is 6.07 Å². The Morgan fingerprint density at radius 2 is 2.00 bits per heavy atom. The predicted molar refractivity (Wildman–Crippen MR) is 80.4 cm³/mol. The van der Waals surface area contributed by atoms with Crippen LogP contribution >= 0.6 is 11.6 Å². The van der Waals surface area contributed by atoms with Gasteiger partial charge >= 0.3 is 0 Å². The Kier molecular flexibility index (Phi) is 4.02. The summed E-state index contributed by atoms with van der Waals surface area (Å²) in [6.07, 6.45) is 5.72. The Bertz CT molecular complexity index is 479. The van der Waals surface area contributed by atoms with Crippen molar-refractivity contribution < 1.29 is 4.39 Å². The number of nitrogens with zero attached hydrogens (tertiary/aromatic N) is 1. The first-order chi connectivity index (χ1) is 9.54. The molecule has 20 heavy (non-hydrogen) atoms. The van der Waals surface area contributed by atoms with Gasteiger partial charge in [-0.3, -0.25) is 0 Å². The molecule has 0 amide bonds. The molecule has 2 N–H and O–H groups in total. The molecule has 2 heterocycles. The Labute approximate surface area is 125 Å². The zero-order valence-electron chi connectivity index (χ0n) is 11.9. The smallest absolute Gasteiger partial charge is 0.142 e. The van der Waals surface area contributed by atoms with E-state index in [1.165, 1.54) is 31.7 Å². The minimum Gasteiger partial charge on any atom is -0.327 e. The molecule has 0 aliphatic carbocycles. The van der Waals surface area contributed by atoms with E-state index < -0.39 is 0 Å². The maximum Gasteiger partial charge on any atom is 0.142 e. The van der Waals surface area contributed by atoms with Gasteiger partial charge in [-0.2, -0.15) is 0 Å². The summed E-state index contributed by atoms with van der Waals surface area (Å²) in [5.41, 5.74) is 7.34. The molecule has 4 heteroatoms. The molecule has 0 aromatic heterocycles. The van der Waals surface area contributed by atoms with Crippen molar-refractivity contribution in [1.82, 2.24) is 4.90 Å². The maximum atomic E-state index is 13.5. The maximum absolute atomic E-state index is 13.5. The van der Waals surface area contributed by atoms with Crippen LogP contribution in [0.25, 0.3) is 0 Å². The van der Waals surface area contributed by atoms with E-state index in [4.69, 9.17) is 17.3 Å². The van der Waals surface area contributed by atoms with Gasteiger partial charge in [-0.05, 0) is 62.8 Å². The number of benzene rings is 1. The molecule has 0 spiro atoms. The lowest BCUT2D eigenvalue weighted by Gasteiger charge is -2.38. The highest BCUT2D eigenvalue weighted by Gasteiger charge is 2.40. The Hall–Kier alpha value is -0.640. The van der Waals surface area contributed by atoms with E-state index in [-0.39, 0.29) is 16.9 Å². The molecule has 1 aromatic carbocycles. The first-order valence-electron chi connectivity index (χ1n) is 7.46. The largest absolute Gasteiger partial charge is 0.327 e. The fourth-order valence-electron chi connectivity index (χ4n) is 3.91. The third kappa shape index (κ3) is 2.72. The zero-order valence-corrected chi connectivity index (χ0v) is 12.6. The standard InChI is InChI=1S/C16H22ClFN2/c1-20-12-3-4-13(20)9-11(8-12)16(19)7-10-2-5-14(17)15(18)6-10/h2,5-6,11-13,16H,3-4,7-9,19H2,1H3. The van der Waals surface area contributed by atoms with Crippen LogP contribution in [-0.2, 0) is 6.42 Å². The fraction of sp³-hybridized carbons (Fsp3) is 0.625. The van der Waals surface area contributed by atoms with E-state index in [0.717, 1.165) is 12.0 Å². The lowest BCUT2D eigenvalue weighted by Crippen LogP contribution is -2.46. The molecule has 2 aliphatic heterocycles. The number of nitrogens with two attached hydrogens (primary N) is 1. The molecule has 2 saturated heterocycles. The van der Waals surface area contributed by atoms with Gasteiger partial charge in [0.1, 0.15) is 5.82 Å². The minimum absolute atomic E-state index is 0.118. The normalized spacial score (nSPS) is 31.5. The van der Waals surface area contributed by atoms with Crippen molar-refractivity contribution in [2.45, 2.75) is 50.2 Å². The van der Waals surface area contributed by atoms with Crippen LogP contribution in [0, 0.1) is 11.7 Å². The highest BCUT2D eigenvalue weighted by molar-refractivity contribution is 6.30. The van der Waals surface area contributed by atoms with Crippen molar-refractivity contribution in [3.8, 4) is 0 Å². The molecule has 2 nitrogen and oxygen atoms in total. The van der Waals surface area contributed by atoms with Crippen molar-refractivity contribution in [3.63, 3.8) is 0 Å². The average molecular weight is 297 g/mol. The van der Waals surface area contributed by atoms with E-state index in [9.17, 15) is 4.39 Å². The molecule has 3 atom stereocenters. The van der Waals surface area contributed by atoms with Crippen molar-refractivity contribution in [2.24, 2.45) is 11.7 Å². The summed E-state index contributed by atoms with van der Waals surface area (Å²) in [5, 5.41) is 0.180. The van der Waals surface area contributed by atoms with Crippen molar-refractivity contribution in [3.05, 3.63) is 34.6 Å². The highest BCUT2D eigenvalue weighted by atomic mass is 35.5. The van der Waals surface area contributed by atoms with Crippen LogP contribution in [0.5, 0.6) is 0 Å². The van der Waals surface area contributed by atoms with Gasteiger partial charge in [-0.25, -0.2) is 4.39 Å². The molecule has 2 fully saturated rings. The van der Waals surface area contributed by atoms with E-state index in [0.29, 0.717) is 18.0 Å². The lowest BCUT2D eigenvalue weighted by atomic mass is 9.83. The second-order valence-electron chi connectivity index (χ2n) is 6.40. The van der Waals surface area contributed by atoms with Gasteiger partial charge < -0.3 is 10.6 Å². The summed E-state index contributed by atoms with van der Waals surface area (Å²) in [5.74, 6) is 0.210. The van der Waals surface area contributed by atoms with Crippen LogP contribution in [0.3, 0.4) is 0 Å². The lowest BCUT2D eigenvalue weighted by molar-refractivity contribution is 0.120. The van der Waals surface area contributed by atoms with Crippen LogP contribution in [0.2, 0.25) is 5.02 Å². The summed E-state index contributed by atoms with van der Waals surface area (Å²) in [7, 11) is 2.23. The Morgan fingerprint density at radius 3 is 2.60 bits per heavy atom. The van der Waals surface area contributed by atoms with E-state index in [2.05, 4.69) is 11.9 Å². The number of halogens is 2. The quantitative estimate of drug-likeness (QED) is 0.928. The summed E-state index contributed by atoms with van der Waals surface area (Å²) in [4.78, 5) is 2.52. The van der Waals surface area contributed by atoms with Gasteiger partial charge in [-0.15, -0.1) is 0 Å². The molecular weight excluding hydrogens is 275 g/mol. The van der Waals surface area contributed by atoms with Crippen LogP contribution in [0.4, 0.5) is 4.39 Å². The molecule has 1 aromatic rings. The summed E-state index contributed by atoms with van der Waals surface area (Å²) in [6.45, 7) is 0. The minimum atomic E-state index is -0.347. The first-order valence-corrected chi connectivity index (χ1v) is 7.84. The van der Waals surface area contributed by atoms with E-state index in [1.54, 1.807) is 6.07 Å². The van der Waals surface area contributed by atoms with Gasteiger partial charge in [0.25, 0.3) is 0 Å². The second-order valence-corrected chi connectivity index (χ2v) is 6.81. The van der Waals surface area contributed by atoms with Crippen molar-refractivity contribution in [1.29, 1.82) is 0 Å². The zero-order chi connectivity index (χ0) is 14.3. The first kappa shape index (κ1) is 14.3. The molecule has 3 rings (SSSR count). The fourth-order valence-corrected chi connectivity index (χ4v) is 4.03. The summed E-state index contributed by atoms with van der Waals surface area (Å²) in [6, 6.07) is 6.54. The van der Waals surface area contributed by atoms with Gasteiger partial charge in [0, 0.05) is 18.1 Å². The Morgan fingerprint density at radius 1 is 1.35 bits per heavy atom. The van der Waals surface area contributed by atoms with Crippen LogP contribution in [-0.4, -0.2) is 30.1 Å². The SMILES string of the molecule is CN1C2CCC1CC(C(N)Cc1ccc(Cl)c(F)c1)C2. The van der Waals surface area contributed by atoms with Gasteiger partial charge in [0.2, 0.25) is 0 Å². The second kappa shape index (κ2) is 5.63. The summed E-state index contributed by atoms with van der Waals surface area (Å²) >= 11 is 5.72. The summed E-state index contributed by atoms with van der Waals surface area (Å²) < 4.78 is 13.5. The number of rotatable bonds is 3. The number of hydrogen-bond acceptors (Lipinski definition) is 2. The molecule has 2 bridgehead atoms. The van der Waals surface area contributed by atoms with Crippen LogP contribution in [0.1, 0.15) is 31.2 Å². The molecule has 3 unspecified atom stereocenters. The molecule has 0 saturated carbocycles. The van der Waals surface area contributed by atoms with Gasteiger partial charge in [0.15, 0.2) is 0 Å². The van der Waals surface area contributed by atoms with Gasteiger partial charge in [0.05, 0.1) is 5.02 Å². The van der Waals surface area contributed by atoms with Crippen LogP contribution < -0.4 is 5.73 Å². The van der Waals surface area contributed by atoms with Gasteiger partial charge in [-0.1, -0.05) is 17.7 Å². The van der Waals surface area contributed by atoms with Crippen LogP contribution in [0.15, 0.2) is 18.2 Å². The molecule has 2 aliphatic rings.